The monoisotopic (exact) mass is 281 g/mol. The molecule has 6 heteroatoms. The zero-order valence-corrected chi connectivity index (χ0v) is 12.0. The van der Waals surface area contributed by atoms with Crippen molar-refractivity contribution in [1.29, 1.82) is 5.26 Å². The molecule has 0 saturated carbocycles. The van der Waals surface area contributed by atoms with Gasteiger partial charge in [0, 0.05) is 32.1 Å². The van der Waals surface area contributed by atoms with Crippen LogP contribution in [0.15, 0.2) is 0 Å². The Morgan fingerprint density at radius 3 is 2.80 bits per heavy atom. The van der Waals surface area contributed by atoms with Gasteiger partial charge in [0.1, 0.15) is 0 Å². The Morgan fingerprint density at radius 2 is 2.20 bits per heavy atom. The highest BCUT2D eigenvalue weighted by atomic mass is 16.4. The lowest BCUT2D eigenvalue weighted by Crippen LogP contribution is -2.50. The van der Waals surface area contributed by atoms with E-state index in [-0.39, 0.29) is 18.5 Å². The fourth-order valence-electron chi connectivity index (χ4n) is 2.60. The van der Waals surface area contributed by atoms with Gasteiger partial charge in [-0.2, -0.15) is 5.26 Å². The van der Waals surface area contributed by atoms with Crippen LogP contribution in [0, 0.1) is 11.3 Å². The molecule has 0 aromatic carbocycles. The number of urea groups is 1. The average Bonchev–Trinajstić information content (AvgIpc) is 2.46. The summed E-state index contributed by atoms with van der Waals surface area (Å²) in [6.07, 6.45) is 3.81. The molecular formula is C14H23N3O3. The standard InChI is InChI=1S/C14H23N3O3/c1-2-16(10-5-9-15)14(20)17-11-4-3-6-12(17)7-8-13(18)19/h12H,2-8,10-11H2,1H3,(H,18,19). The third-order valence-corrected chi connectivity index (χ3v) is 3.71. The molecule has 0 bridgehead atoms. The molecule has 0 aliphatic carbocycles. The summed E-state index contributed by atoms with van der Waals surface area (Å²) in [6.45, 7) is 3.59. The van der Waals surface area contributed by atoms with Crippen molar-refractivity contribution in [3.8, 4) is 6.07 Å². The molecule has 0 aromatic rings. The normalized spacial score (nSPS) is 18.4. The molecule has 1 aliphatic rings. The Kier molecular flexibility index (Phi) is 6.85. The van der Waals surface area contributed by atoms with Crippen LogP contribution in [-0.4, -0.2) is 52.6 Å². The number of hydrogen-bond acceptors (Lipinski definition) is 3. The molecule has 1 heterocycles. The molecule has 0 radical (unpaired) electrons. The van der Waals surface area contributed by atoms with Crippen molar-refractivity contribution in [2.24, 2.45) is 0 Å². The first-order valence-electron chi connectivity index (χ1n) is 7.24. The van der Waals surface area contributed by atoms with Crippen LogP contribution < -0.4 is 0 Å². The summed E-state index contributed by atoms with van der Waals surface area (Å²) in [7, 11) is 0. The van der Waals surface area contributed by atoms with Crippen LogP contribution in [0.4, 0.5) is 4.79 Å². The van der Waals surface area contributed by atoms with Crippen LogP contribution in [0.2, 0.25) is 0 Å². The Balaban J connectivity index is 2.65. The minimum atomic E-state index is -0.820. The van der Waals surface area contributed by atoms with E-state index < -0.39 is 5.97 Å². The number of carboxylic acid groups (broad SMARTS) is 1. The molecule has 1 saturated heterocycles. The van der Waals surface area contributed by atoms with Gasteiger partial charge in [-0.15, -0.1) is 0 Å². The van der Waals surface area contributed by atoms with Gasteiger partial charge in [-0.1, -0.05) is 0 Å². The van der Waals surface area contributed by atoms with Crippen molar-refractivity contribution in [3.63, 3.8) is 0 Å². The van der Waals surface area contributed by atoms with E-state index >= 15 is 0 Å². The number of aliphatic carboxylic acids is 1. The molecule has 6 nitrogen and oxygen atoms in total. The second-order valence-electron chi connectivity index (χ2n) is 5.05. The van der Waals surface area contributed by atoms with Crippen molar-refractivity contribution in [1.82, 2.24) is 9.80 Å². The summed E-state index contributed by atoms with van der Waals surface area (Å²) in [5.74, 6) is -0.820. The molecule has 0 spiro atoms. The van der Waals surface area contributed by atoms with E-state index in [1.54, 1.807) is 9.80 Å². The maximum atomic E-state index is 12.5. The highest BCUT2D eigenvalue weighted by molar-refractivity contribution is 5.75. The fraction of sp³-hybridized carbons (Fsp3) is 0.786. The van der Waals surface area contributed by atoms with Crippen LogP contribution >= 0.6 is 0 Å². The van der Waals surface area contributed by atoms with E-state index in [0.29, 0.717) is 32.5 Å². The predicted molar refractivity (Wildman–Crippen MR) is 74.1 cm³/mol. The summed E-state index contributed by atoms with van der Waals surface area (Å²) in [5.41, 5.74) is 0. The van der Waals surface area contributed by atoms with E-state index in [0.717, 1.165) is 19.3 Å². The number of amides is 2. The van der Waals surface area contributed by atoms with E-state index in [4.69, 9.17) is 10.4 Å². The topological polar surface area (TPSA) is 84.6 Å². The summed E-state index contributed by atoms with van der Waals surface area (Å²) in [4.78, 5) is 26.7. The zero-order valence-electron chi connectivity index (χ0n) is 12.0. The minimum absolute atomic E-state index is 0.0171. The average molecular weight is 281 g/mol. The van der Waals surface area contributed by atoms with Gasteiger partial charge in [-0.25, -0.2) is 4.79 Å². The van der Waals surface area contributed by atoms with Crippen molar-refractivity contribution in [2.75, 3.05) is 19.6 Å². The first-order chi connectivity index (χ1) is 9.60. The summed E-state index contributed by atoms with van der Waals surface area (Å²) in [5, 5.41) is 17.4. The second kappa shape index (κ2) is 8.41. The maximum Gasteiger partial charge on any atom is 0.320 e. The molecular weight excluding hydrogens is 258 g/mol. The molecule has 2 amide bonds. The molecule has 1 atom stereocenters. The van der Waals surface area contributed by atoms with Gasteiger partial charge in [0.15, 0.2) is 0 Å². The molecule has 1 rings (SSSR count). The summed E-state index contributed by atoms with van der Waals surface area (Å²) in [6, 6.07) is 2.01. The first-order valence-corrected chi connectivity index (χ1v) is 7.24. The van der Waals surface area contributed by atoms with Crippen molar-refractivity contribution in [3.05, 3.63) is 0 Å². The molecule has 112 valence electrons. The quantitative estimate of drug-likeness (QED) is 0.807. The number of nitriles is 1. The number of carbonyl (C=O) groups is 2. The summed E-state index contributed by atoms with van der Waals surface area (Å²) >= 11 is 0. The molecule has 1 aliphatic heterocycles. The van der Waals surface area contributed by atoms with E-state index in [1.807, 2.05) is 6.92 Å². The number of nitrogens with zero attached hydrogens (tertiary/aromatic N) is 3. The largest absolute Gasteiger partial charge is 0.481 e. The van der Waals surface area contributed by atoms with Crippen LogP contribution in [0.1, 0.15) is 45.4 Å². The number of hydrogen-bond donors (Lipinski definition) is 1. The van der Waals surface area contributed by atoms with Crippen LogP contribution in [0.3, 0.4) is 0 Å². The molecule has 0 aromatic heterocycles. The van der Waals surface area contributed by atoms with Gasteiger partial charge < -0.3 is 14.9 Å². The molecule has 20 heavy (non-hydrogen) atoms. The van der Waals surface area contributed by atoms with Crippen LogP contribution in [0.5, 0.6) is 0 Å². The fourth-order valence-corrected chi connectivity index (χ4v) is 2.60. The predicted octanol–water partition coefficient (Wildman–Crippen LogP) is 2.06. The first kappa shape index (κ1) is 16.3. The molecule has 1 N–H and O–H groups in total. The van der Waals surface area contributed by atoms with E-state index in [9.17, 15) is 9.59 Å². The number of likely N-dealkylation sites (tertiary alicyclic amines) is 1. The molecule has 1 fully saturated rings. The third-order valence-electron chi connectivity index (χ3n) is 3.71. The number of carboxylic acids is 1. The van der Waals surface area contributed by atoms with Crippen LogP contribution in [-0.2, 0) is 4.79 Å². The smallest absolute Gasteiger partial charge is 0.320 e. The minimum Gasteiger partial charge on any atom is -0.481 e. The highest BCUT2D eigenvalue weighted by Gasteiger charge is 2.29. The van der Waals surface area contributed by atoms with Gasteiger partial charge in [0.05, 0.1) is 12.5 Å². The van der Waals surface area contributed by atoms with Gasteiger partial charge >= 0.3 is 12.0 Å². The summed E-state index contributed by atoms with van der Waals surface area (Å²) < 4.78 is 0. The van der Waals surface area contributed by atoms with E-state index in [1.165, 1.54) is 0 Å². The van der Waals surface area contributed by atoms with Gasteiger partial charge in [-0.05, 0) is 32.6 Å². The SMILES string of the molecule is CCN(CCC#N)C(=O)N1CCCCC1CCC(=O)O. The van der Waals surface area contributed by atoms with Gasteiger partial charge in [0.2, 0.25) is 0 Å². The lowest BCUT2D eigenvalue weighted by molar-refractivity contribution is -0.137. The molecule has 1 unspecified atom stereocenters. The Bertz CT molecular complexity index is 378. The van der Waals surface area contributed by atoms with Crippen molar-refractivity contribution >= 4 is 12.0 Å². The third kappa shape index (κ3) is 4.72. The lowest BCUT2D eigenvalue weighted by atomic mass is 9.98. The van der Waals surface area contributed by atoms with Crippen molar-refractivity contribution < 1.29 is 14.7 Å². The van der Waals surface area contributed by atoms with Crippen molar-refractivity contribution in [2.45, 2.75) is 51.5 Å². The highest BCUT2D eigenvalue weighted by Crippen LogP contribution is 2.22. The number of piperidine rings is 1. The maximum absolute atomic E-state index is 12.5. The van der Waals surface area contributed by atoms with Crippen LogP contribution in [0.25, 0.3) is 0 Å². The number of carbonyl (C=O) groups excluding carboxylic acids is 1. The van der Waals surface area contributed by atoms with E-state index in [2.05, 4.69) is 6.07 Å². The lowest BCUT2D eigenvalue weighted by Gasteiger charge is -2.38. The zero-order chi connectivity index (χ0) is 15.0. The Labute approximate surface area is 120 Å². The number of rotatable bonds is 6. The van der Waals surface area contributed by atoms with Gasteiger partial charge in [0.25, 0.3) is 0 Å². The van der Waals surface area contributed by atoms with Gasteiger partial charge in [-0.3, -0.25) is 4.79 Å². The Morgan fingerprint density at radius 1 is 1.45 bits per heavy atom. The Hall–Kier alpha value is -1.77. The second-order valence-corrected chi connectivity index (χ2v) is 5.05.